The molecule has 0 saturated carbocycles. The van der Waals surface area contributed by atoms with Crippen molar-refractivity contribution in [3.63, 3.8) is 0 Å². The molecule has 0 fully saturated rings. The van der Waals surface area contributed by atoms with Crippen LogP contribution in [0.15, 0.2) is 33.6 Å². The van der Waals surface area contributed by atoms with Gasteiger partial charge in [0.1, 0.15) is 0 Å². The van der Waals surface area contributed by atoms with Crippen molar-refractivity contribution < 1.29 is 14.3 Å². The first-order chi connectivity index (χ1) is 9.52. The summed E-state index contributed by atoms with van der Waals surface area (Å²) in [4.78, 5) is 24.2. The largest absolute Gasteiger partial charge is 0.452 e. The molecule has 1 atom stereocenters. The van der Waals surface area contributed by atoms with Crippen LogP contribution < -0.4 is 5.32 Å². The molecule has 110 valence electrons. The molecule has 20 heavy (non-hydrogen) atoms. The van der Waals surface area contributed by atoms with Gasteiger partial charge in [0.25, 0.3) is 5.91 Å². The maximum absolute atomic E-state index is 11.6. The fourth-order valence-corrected chi connectivity index (χ4v) is 2.30. The van der Waals surface area contributed by atoms with Crippen molar-refractivity contribution in [2.45, 2.75) is 31.3 Å². The van der Waals surface area contributed by atoms with Crippen molar-refractivity contribution in [2.24, 2.45) is 0 Å². The normalized spacial score (nSPS) is 11.8. The van der Waals surface area contributed by atoms with Crippen LogP contribution >= 0.6 is 27.7 Å². The third-order valence-electron chi connectivity index (χ3n) is 2.40. The lowest BCUT2D eigenvalue weighted by molar-refractivity contribution is -0.152. The predicted octanol–water partition coefficient (Wildman–Crippen LogP) is 3.00. The second-order valence-corrected chi connectivity index (χ2v) is 6.13. The number of hydrogen-bond donors (Lipinski definition) is 1. The van der Waals surface area contributed by atoms with Gasteiger partial charge in [0, 0.05) is 15.9 Å². The lowest BCUT2D eigenvalue weighted by Gasteiger charge is -2.12. The summed E-state index contributed by atoms with van der Waals surface area (Å²) in [6, 6.07) is 7.65. The molecule has 0 aliphatic heterocycles. The summed E-state index contributed by atoms with van der Waals surface area (Å²) in [5.74, 6) is -0.460. The number of esters is 1. The van der Waals surface area contributed by atoms with Crippen LogP contribution in [-0.2, 0) is 14.3 Å². The highest BCUT2D eigenvalue weighted by molar-refractivity contribution is 9.10. The van der Waals surface area contributed by atoms with E-state index >= 15 is 0 Å². The highest BCUT2D eigenvalue weighted by Gasteiger charge is 2.17. The van der Waals surface area contributed by atoms with Crippen LogP contribution in [0.25, 0.3) is 0 Å². The van der Waals surface area contributed by atoms with Crippen molar-refractivity contribution in [2.75, 3.05) is 12.3 Å². The number of halogens is 1. The van der Waals surface area contributed by atoms with Crippen molar-refractivity contribution in [1.82, 2.24) is 5.32 Å². The number of nitrogens with one attached hydrogen (secondary N) is 1. The standard InChI is InChI=1S/C14H18BrNO3S/c1-3-8-16-14(18)10(2)19-13(17)9-20-12-6-4-11(15)5-7-12/h4-7,10H,3,8-9H2,1-2H3,(H,16,18). The average Bonchev–Trinajstić information content (AvgIpc) is 2.44. The minimum atomic E-state index is -0.750. The Labute approximate surface area is 131 Å². The first kappa shape index (κ1) is 17.0. The molecule has 4 nitrogen and oxygen atoms in total. The molecule has 0 aliphatic rings. The fraction of sp³-hybridized carbons (Fsp3) is 0.429. The van der Waals surface area contributed by atoms with Crippen LogP contribution in [0.4, 0.5) is 0 Å². The molecule has 1 aromatic carbocycles. The smallest absolute Gasteiger partial charge is 0.317 e. The lowest BCUT2D eigenvalue weighted by atomic mass is 10.3. The molecule has 0 aliphatic carbocycles. The lowest BCUT2D eigenvalue weighted by Crippen LogP contribution is -2.36. The summed E-state index contributed by atoms with van der Waals surface area (Å²) in [5, 5.41) is 2.69. The van der Waals surface area contributed by atoms with E-state index in [0.29, 0.717) is 6.54 Å². The highest BCUT2D eigenvalue weighted by atomic mass is 79.9. The predicted molar refractivity (Wildman–Crippen MR) is 83.7 cm³/mol. The van der Waals surface area contributed by atoms with Crippen LogP contribution in [-0.4, -0.2) is 30.3 Å². The maximum Gasteiger partial charge on any atom is 0.317 e. The van der Waals surface area contributed by atoms with E-state index in [9.17, 15) is 9.59 Å². The number of ether oxygens (including phenoxy) is 1. The zero-order valence-corrected chi connectivity index (χ0v) is 13.9. The summed E-state index contributed by atoms with van der Waals surface area (Å²) in [7, 11) is 0. The first-order valence-electron chi connectivity index (χ1n) is 6.38. The van der Waals surface area contributed by atoms with Gasteiger partial charge in [0.2, 0.25) is 0 Å². The Balaban J connectivity index is 2.32. The van der Waals surface area contributed by atoms with E-state index in [-0.39, 0.29) is 11.7 Å². The molecule has 1 unspecified atom stereocenters. The zero-order valence-electron chi connectivity index (χ0n) is 11.5. The van der Waals surface area contributed by atoms with Gasteiger partial charge in [-0.15, -0.1) is 11.8 Å². The summed E-state index contributed by atoms with van der Waals surface area (Å²) in [5.41, 5.74) is 0. The van der Waals surface area contributed by atoms with E-state index in [0.717, 1.165) is 15.8 Å². The van der Waals surface area contributed by atoms with E-state index in [2.05, 4.69) is 21.2 Å². The van der Waals surface area contributed by atoms with Crippen LogP contribution in [0.5, 0.6) is 0 Å². The number of thioether (sulfide) groups is 1. The zero-order chi connectivity index (χ0) is 15.0. The Kier molecular flexibility index (Phi) is 7.69. The van der Waals surface area contributed by atoms with E-state index in [4.69, 9.17) is 4.74 Å². The Morgan fingerprint density at radius 2 is 2.00 bits per heavy atom. The minimum absolute atomic E-state index is 0.188. The van der Waals surface area contributed by atoms with E-state index in [1.807, 2.05) is 31.2 Å². The quantitative estimate of drug-likeness (QED) is 0.600. The molecular weight excluding hydrogens is 342 g/mol. The van der Waals surface area contributed by atoms with Crippen LogP contribution in [0.1, 0.15) is 20.3 Å². The molecule has 0 aromatic heterocycles. The van der Waals surface area contributed by atoms with Crippen molar-refractivity contribution >= 4 is 39.6 Å². The third kappa shape index (κ3) is 6.43. The van der Waals surface area contributed by atoms with Crippen molar-refractivity contribution in [1.29, 1.82) is 0 Å². The summed E-state index contributed by atoms with van der Waals surface area (Å²) >= 11 is 4.73. The number of benzene rings is 1. The van der Waals surface area contributed by atoms with Gasteiger partial charge < -0.3 is 10.1 Å². The first-order valence-corrected chi connectivity index (χ1v) is 8.16. The second kappa shape index (κ2) is 9.02. The maximum atomic E-state index is 11.6. The summed E-state index contributed by atoms with van der Waals surface area (Å²) in [6.07, 6.45) is 0.103. The number of carbonyl (C=O) groups is 2. The van der Waals surface area contributed by atoms with Gasteiger partial charge >= 0.3 is 5.97 Å². The molecule has 6 heteroatoms. The van der Waals surface area contributed by atoms with E-state index < -0.39 is 12.1 Å². The minimum Gasteiger partial charge on any atom is -0.452 e. The van der Waals surface area contributed by atoms with Crippen LogP contribution in [0.2, 0.25) is 0 Å². The highest BCUT2D eigenvalue weighted by Crippen LogP contribution is 2.20. The molecule has 1 amide bonds. The van der Waals surface area contributed by atoms with Gasteiger partial charge in [-0.25, -0.2) is 0 Å². The van der Waals surface area contributed by atoms with Crippen molar-refractivity contribution in [3.8, 4) is 0 Å². The molecular formula is C14H18BrNO3S. The molecule has 1 rings (SSSR count). The van der Waals surface area contributed by atoms with Crippen LogP contribution in [0.3, 0.4) is 0 Å². The Morgan fingerprint density at radius 1 is 1.35 bits per heavy atom. The SMILES string of the molecule is CCCNC(=O)C(C)OC(=O)CSc1ccc(Br)cc1. The molecule has 0 radical (unpaired) electrons. The van der Waals surface area contributed by atoms with Gasteiger partial charge in [0.05, 0.1) is 5.75 Å². The van der Waals surface area contributed by atoms with E-state index in [1.54, 1.807) is 6.92 Å². The monoisotopic (exact) mass is 359 g/mol. The Hall–Kier alpha value is -1.01. The van der Waals surface area contributed by atoms with Crippen molar-refractivity contribution in [3.05, 3.63) is 28.7 Å². The third-order valence-corrected chi connectivity index (χ3v) is 3.91. The summed E-state index contributed by atoms with van der Waals surface area (Å²) in [6.45, 7) is 4.13. The number of amides is 1. The van der Waals surface area contributed by atoms with Gasteiger partial charge in [-0.1, -0.05) is 22.9 Å². The molecule has 0 bridgehead atoms. The van der Waals surface area contributed by atoms with E-state index in [1.165, 1.54) is 11.8 Å². The molecule has 0 saturated heterocycles. The van der Waals surface area contributed by atoms with Gasteiger partial charge in [0.15, 0.2) is 6.10 Å². The number of carbonyl (C=O) groups excluding carboxylic acids is 2. The van der Waals surface area contributed by atoms with Gasteiger partial charge in [-0.3, -0.25) is 9.59 Å². The molecule has 1 aromatic rings. The molecule has 0 spiro atoms. The van der Waals surface area contributed by atoms with Crippen LogP contribution in [0, 0.1) is 0 Å². The summed E-state index contributed by atoms with van der Waals surface area (Å²) < 4.78 is 6.06. The Bertz CT molecular complexity index is 450. The number of rotatable bonds is 7. The van der Waals surface area contributed by atoms with Gasteiger partial charge in [-0.2, -0.15) is 0 Å². The average molecular weight is 360 g/mol. The number of hydrogen-bond acceptors (Lipinski definition) is 4. The van der Waals surface area contributed by atoms with Gasteiger partial charge in [-0.05, 0) is 37.6 Å². The molecule has 0 heterocycles. The second-order valence-electron chi connectivity index (χ2n) is 4.17. The topological polar surface area (TPSA) is 55.4 Å². The Morgan fingerprint density at radius 3 is 2.60 bits per heavy atom. The molecule has 1 N–H and O–H groups in total. The fourth-order valence-electron chi connectivity index (χ4n) is 1.35.